The summed E-state index contributed by atoms with van der Waals surface area (Å²) in [5.74, 6) is 1.95. The van der Waals surface area contributed by atoms with Crippen LogP contribution in [0.25, 0.3) is 0 Å². The Labute approximate surface area is 119 Å². The molecule has 1 heterocycles. The van der Waals surface area contributed by atoms with Gasteiger partial charge in [-0.1, -0.05) is 49.7 Å². The van der Waals surface area contributed by atoms with Gasteiger partial charge in [0.15, 0.2) is 5.82 Å². The highest BCUT2D eigenvalue weighted by atomic mass is 16.5. The summed E-state index contributed by atoms with van der Waals surface area (Å²) in [5.41, 5.74) is 8.89. The van der Waals surface area contributed by atoms with Crippen LogP contribution >= 0.6 is 0 Å². The van der Waals surface area contributed by atoms with Gasteiger partial charge in [0.2, 0.25) is 5.89 Å². The number of hydrogen-bond acceptors (Lipinski definition) is 4. The molecule has 1 aromatic heterocycles. The second-order valence-corrected chi connectivity index (χ2v) is 5.69. The highest BCUT2D eigenvalue weighted by Crippen LogP contribution is 2.37. The van der Waals surface area contributed by atoms with Crippen LogP contribution in [0.2, 0.25) is 0 Å². The maximum atomic E-state index is 6.16. The molecule has 3 rings (SSSR count). The van der Waals surface area contributed by atoms with Crippen molar-refractivity contribution in [1.82, 2.24) is 10.1 Å². The molecule has 0 amide bonds. The Hall–Kier alpha value is -1.68. The lowest BCUT2D eigenvalue weighted by atomic mass is 9.99. The van der Waals surface area contributed by atoms with Crippen LogP contribution in [0.15, 0.2) is 28.8 Å². The summed E-state index contributed by atoms with van der Waals surface area (Å²) in [6.07, 6.45) is 3.14. The minimum absolute atomic E-state index is 0.169. The summed E-state index contributed by atoms with van der Waals surface area (Å²) in [4.78, 5) is 4.56. The number of nitrogens with two attached hydrogens (primary N) is 1. The topological polar surface area (TPSA) is 64.9 Å². The van der Waals surface area contributed by atoms with Crippen molar-refractivity contribution in [3.05, 3.63) is 47.1 Å². The van der Waals surface area contributed by atoms with Crippen molar-refractivity contribution in [2.75, 3.05) is 0 Å². The molecule has 0 radical (unpaired) electrons. The highest BCUT2D eigenvalue weighted by Gasteiger charge is 2.29. The molecule has 1 aliphatic carbocycles. The average molecular weight is 271 g/mol. The molecule has 2 N–H and O–H groups in total. The van der Waals surface area contributed by atoms with Gasteiger partial charge in [-0.3, -0.25) is 0 Å². The first-order valence-corrected chi connectivity index (χ1v) is 7.37. The van der Waals surface area contributed by atoms with E-state index in [4.69, 9.17) is 10.3 Å². The average Bonchev–Trinajstić information content (AvgIpc) is 3.11. The van der Waals surface area contributed by atoms with Crippen molar-refractivity contribution in [3.63, 3.8) is 0 Å². The van der Waals surface area contributed by atoms with Crippen LogP contribution in [0.1, 0.15) is 61.5 Å². The quantitative estimate of drug-likeness (QED) is 0.927. The van der Waals surface area contributed by atoms with Crippen molar-refractivity contribution in [3.8, 4) is 0 Å². The second kappa shape index (κ2) is 5.37. The first-order chi connectivity index (χ1) is 9.70. The van der Waals surface area contributed by atoms with E-state index in [0.29, 0.717) is 11.8 Å². The fraction of sp³-hybridized carbons (Fsp3) is 0.500. The lowest BCUT2D eigenvalue weighted by molar-refractivity contribution is 0.310. The third kappa shape index (κ3) is 2.24. The van der Waals surface area contributed by atoms with E-state index in [1.54, 1.807) is 0 Å². The van der Waals surface area contributed by atoms with Crippen molar-refractivity contribution < 1.29 is 4.52 Å². The standard InChI is InChI=1S/C16H21N3O/c1-3-10(2)14(17)16-18-15(19-20-16)13-9-8-11-6-4-5-7-12(11)13/h4-7,10,13-14H,3,8-9,17H2,1-2H3/t10-,13?,14-/m0/s1. The zero-order valence-electron chi connectivity index (χ0n) is 12.0. The Kier molecular flexibility index (Phi) is 3.57. The fourth-order valence-corrected chi connectivity index (χ4v) is 2.85. The predicted molar refractivity (Wildman–Crippen MR) is 77.3 cm³/mol. The van der Waals surface area contributed by atoms with Crippen LogP contribution in [0, 0.1) is 5.92 Å². The van der Waals surface area contributed by atoms with Crippen LogP contribution in [-0.2, 0) is 6.42 Å². The van der Waals surface area contributed by atoms with Gasteiger partial charge in [-0.2, -0.15) is 4.98 Å². The molecular formula is C16H21N3O. The van der Waals surface area contributed by atoms with Crippen molar-refractivity contribution in [2.45, 2.75) is 45.1 Å². The summed E-state index contributed by atoms with van der Waals surface area (Å²) >= 11 is 0. The van der Waals surface area contributed by atoms with Gasteiger partial charge in [-0.15, -0.1) is 0 Å². The van der Waals surface area contributed by atoms with Crippen LogP contribution in [-0.4, -0.2) is 10.1 Å². The second-order valence-electron chi connectivity index (χ2n) is 5.69. The van der Waals surface area contributed by atoms with Crippen molar-refractivity contribution in [2.24, 2.45) is 11.7 Å². The summed E-state index contributed by atoms with van der Waals surface area (Å²) in [5, 5.41) is 4.17. The van der Waals surface area contributed by atoms with E-state index < -0.39 is 0 Å². The largest absolute Gasteiger partial charge is 0.338 e. The molecule has 1 aliphatic rings. The number of nitrogens with zero attached hydrogens (tertiary/aromatic N) is 2. The SMILES string of the molecule is CC[C@H](C)[C@H](N)c1nc(C2CCc3ccccc32)no1. The Morgan fingerprint density at radius 1 is 1.40 bits per heavy atom. The van der Waals surface area contributed by atoms with E-state index in [-0.39, 0.29) is 12.0 Å². The molecule has 20 heavy (non-hydrogen) atoms. The van der Waals surface area contributed by atoms with Gasteiger partial charge in [-0.25, -0.2) is 0 Å². The predicted octanol–water partition coefficient (Wildman–Crippen LogP) is 3.19. The van der Waals surface area contributed by atoms with Crippen molar-refractivity contribution >= 4 is 0 Å². The van der Waals surface area contributed by atoms with Crippen LogP contribution in [0.5, 0.6) is 0 Å². The van der Waals surface area contributed by atoms with E-state index >= 15 is 0 Å². The monoisotopic (exact) mass is 271 g/mol. The van der Waals surface area contributed by atoms with Gasteiger partial charge in [0.05, 0.1) is 6.04 Å². The lowest BCUT2D eigenvalue weighted by Crippen LogP contribution is -2.19. The molecule has 4 nitrogen and oxygen atoms in total. The molecule has 0 spiro atoms. The molecule has 0 saturated heterocycles. The number of benzene rings is 1. The molecule has 0 fully saturated rings. The highest BCUT2D eigenvalue weighted by molar-refractivity contribution is 5.38. The Morgan fingerprint density at radius 2 is 2.20 bits per heavy atom. The van der Waals surface area contributed by atoms with E-state index in [2.05, 4.69) is 48.3 Å². The normalized spacial score (nSPS) is 20.6. The van der Waals surface area contributed by atoms with Gasteiger partial charge in [0.1, 0.15) is 0 Å². The zero-order chi connectivity index (χ0) is 14.1. The molecule has 106 valence electrons. The smallest absolute Gasteiger partial charge is 0.243 e. The molecule has 3 atom stereocenters. The molecule has 0 aliphatic heterocycles. The maximum absolute atomic E-state index is 6.16. The molecule has 1 aromatic carbocycles. The minimum atomic E-state index is -0.169. The maximum Gasteiger partial charge on any atom is 0.243 e. The van der Waals surface area contributed by atoms with E-state index in [1.807, 2.05) is 0 Å². The van der Waals surface area contributed by atoms with Crippen molar-refractivity contribution in [1.29, 1.82) is 0 Å². The third-order valence-electron chi connectivity index (χ3n) is 4.44. The number of rotatable bonds is 4. The fourth-order valence-electron chi connectivity index (χ4n) is 2.85. The number of aromatic nitrogens is 2. The van der Waals surface area contributed by atoms with Gasteiger partial charge in [-0.05, 0) is 29.9 Å². The molecule has 2 aromatic rings. The van der Waals surface area contributed by atoms with E-state index in [0.717, 1.165) is 25.1 Å². The lowest BCUT2D eigenvalue weighted by Gasteiger charge is -2.13. The van der Waals surface area contributed by atoms with Crippen LogP contribution < -0.4 is 5.73 Å². The minimum Gasteiger partial charge on any atom is -0.338 e. The summed E-state index contributed by atoms with van der Waals surface area (Å²) < 4.78 is 5.39. The molecule has 0 saturated carbocycles. The van der Waals surface area contributed by atoms with Gasteiger partial charge in [0.25, 0.3) is 0 Å². The van der Waals surface area contributed by atoms with Gasteiger partial charge >= 0.3 is 0 Å². The first-order valence-electron chi connectivity index (χ1n) is 7.37. The number of aryl methyl sites for hydroxylation is 1. The molecule has 4 heteroatoms. The van der Waals surface area contributed by atoms with E-state index in [9.17, 15) is 0 Å². The number of fused-ring (bicyclic) bond motifs is 1. The summed E-state index contributed by atoms with van der Waals surface area (Å²) in [6, 6.07) is 8.33. The third-order valence-corrected chi connectivity index (χ3v) is 4.44. The molecule has 0 bridgehead atoms. The summed E-state index contributed by atoms with van der Waals surface area (Å²) in [6.45, 7) is 4.23. The number of hydrogen-bond donors (Lipinski definition) is 1. The first kappa shape index (κ1) is 13.3. The van der Waals surface area contributed by atoms with Crippen LogP contribution in [0.4, 0.5) is 0 Å². The van der Waals surface area contributed by atoms with E-state index in [1.165, 1.54) is 11.1 Å². The van der Waals surface area contributed by atoms with Crippen LogP contribution in [0.3, 0.4) is 0 Å². The molecule has 1 unspecified atom stereocenters. The Morgan fingerprint density at radius 3 is 3.00 bits per heavy atom. The summed E-state index contributed by atoms with van der Waals surface area (Å²) in [7, 11) is 0. The zero-order valence-corrected chi connectivity index (χ0v) is 12.0. The van der Waals surface area contributed by atoms with Gasteiger partial charge < -0.3 is 10.3 Å². The van der Waals surface area contributed by atoms with Gasteiger partial charge in [0, 0.05) is 5.92 Å². The Bertz CT molecular complexity index is 593. The Balaban J connectivity index is 1.85. The molecular weight excluding hydrogens is 250 g/mol.